The van der Waals surface area contributed by atoms with E-state index in [-0.39, 0.29) is 11.7 Å². The van der Waals surface area contributed by atoms with Gasteiger partial charge in [0.2, 0.25) is 5.91 Å². The highest BCUT2D eigenvalue weighted by atomic mass is 35.5. The summed E-state index contributed by atoms with van der Waals surface area (Å²) in [6.07, 6.45) is 0.717. The number of aryl methyl sites for hydroxylation is 1. The first kappa shape index (κ1) is 23.1. The Morgan fingerprint density at radius 2 is 1.63 bits per heavy atom. The molecule has 0 aliphatic carbocycles. The largest absolute Gasteiger partial charge is 0.325 e. The molecule has 5 aromatic rings. The highest BCUT2D eigenvalue weighted by Crippen LogP contribution is 2.32. The van der Waals surface area contributed by atoms with E-state index in [1.165, 1.54) is 11.8 Å². The van der Waals surface area contributed by atoms with Gasteiger partial charge in [-0.05, 0) is 42.8 Å². The minimum atomic E-state index is -0.126. The smallest absolute Gasteiger partial charge is 0.234 e. The van der Waals surface area contributed by atoms with E-state index in [9.17, 15) is 4.79 Å². The van der Waals surface area contributed by atoms with Crippen molar-refractivity contribution in [1.82, 2.24) is 19.7 Å². The third-order valence-corrected chi connectivity index (χ3v) is 6.63. The van der Waals surface area contributed by atoms with Gasteiger partial charge in [0.25, 0.3) is 0 Å². The Morgan fingerprint density at radius 3 is 2.31 bits per heavy atom. The SMILES string of the molecule is CCc1nn(-c2ccccc2)c2nc(-c3ccccc3)nc(SCC(=O)Nc3ccc(Cl)cc3)c12. The highest BCUT2D eigenvalue weighted by molar-refractivity contribution is 8.00. The molecule has 0 aliphatic heterocycles. The zero-order valence-corrected chi connectivity index (χ0v) is 20.6. The summed E-state index contributed by atoms with van der Waals surface area (Å²) in [7, 11) is 0. The molecule has 0 fully saturated rings. The third kappa shape index (κ3) is 5.06. The van der Waals surface area contributed by atoms with E-state index in [1.54, 1.807) is 24.3 Å². The monoisotopic (exact) mass is 499 g/mol. The lowest BCUT2D eigenvalue weighted by Gasteiger charge is -2.09. The van der Waals surface area contributed by atoms with Crippen molar-refractivity contribution in [1.29, 1.82) is 0 Å². The van der Waals surface area contributed by atoms with Crippen molar-refractivity contribution >= 4 is 46.0 Å². The normalized spacial score (nSPS) is 11.0. The molecule has 174 valence electrons. The Bertz CT molecular complexity index is 1470. The van der Waals surface area contributed by atoms with Crippen molar-refractivity contribution in [3.8, 4) is 17.1 Å². The van der Waals surface area contributed by atoms with Crippen LogP contribution in [0, 0.1) is 0 Å². The Kier molecular flexibility index (Phi) is 6.79. The molecule has 1 N–H and O–H groups in total. The number of hydrogen-bond donors (Lipinski definition) is 1. The number of nitrogens with one attached hydrogen (secondary N) is 1. The zero-order valence-electron chi connectivity index (χ0n) is 19.0. The molecule has 0 bridgehead atoms. The van der Waals surface area contributed by atoms with E-state index in [4.69, 9.17) is 26.7 Å². The number of aromatic nitrogens is 4. The van der Waals surface area contributed by atoms with E-state index in [1.807, 2.05) is 65.3 Å². The summed E-state index contributed by atoms with van der Waals surface area (Å²) in [6.45, 7) is 2.06. The van der Waals surface area contributed by atoms with Crippen LogP contribution in [-0.2, 0) is 11.2 Å². The number of nitrogens with zero attached hydrogens (tertiary/aromatic N) is 4. The van der Waals surface area contributed by atoms with Crippen molar-refractivity contribution in [2.75, 3.05) is 11.1 Å². The summed E-state index contributed by atoms with van der Waals surface area (Å²) in [5.41, 5.74) is 4.14. The molecule has 0 spiro atoms. The highest BCUT2D eigenvalue weighted by Gasteiger charge is 2.20. The van der Waals surface area contributed by atoms with Crippen LogP contribution in [0.1, 0.15) is 12.6 Å². The van der Waals surface area contributed by atoms with Gasteiger partial charge >= 0.3 is 0 Å². The van der Waals surface area contributed by atoms with Crippen molar-refractivity contribution in [2.45, 2.75) is 18.4 Å². The molecule has 35 heavy (non-hydrogen) atoms. The maximum atomic E-state index is 12.7. The Labute approximate surface area is 212 Å². The number of para-hydroxylation sites is 1. The lowest BCUT2D eigenvalue weighted by atomic mass is 10.2. The zero-order chi connectivity index (χ0) is 24.2. The molecule has 2 heterocycles. The molecule has 8 heteroatoms. The van der Waals surface area contributed by atoms with E-state index in [0.29, 0.717) is 16.5 Å². The predicted octanol–water partition coefficient (Wildman–Crippen LogP) is 6.43. The van der Waals surface area contributed by atoms with Gasteiger partial charge in [0.1, 0.15) is 5.03 Å². The van der Waals surface area contributed by atoms with Crippen molar-refractivity contribution in [3.05, 3.63) is 95.6 Å². The fourth-order valence-electron chi connectivity index (χ4n) is 3.73. The van der Waals surface area contributed by atoms with Crippen LogP contribution < -0.4 is 5.32 Å². The second kappa shape index (κ2) is 10.3. The summed E-state index contributed by atoms with van der Waals surface area (Å²) in [5, 5.41) is 10.0. The van der Waals surface area contributed by atoms with Gasteiger partial charge in [0.15, 0.2) is 11.5 Å². The maximum absolute atomic E-state index is 12.7. The standard InChI is InChI=1S/C27H22ClN5OS/c1-2-22-24-26(33(32-22)21-11-7-4-8-12-21)30-25(18-9-5-3-6-10-18)31-27(24)35-17-23(34)29-20-15-13-19(28)14-16-20/h3-16H,2,17H2,1H3,(H,29,34). The number of rotatable bonds is 7. The third-order valence-electron chi connectivity index (χ3n) is 5.40. The van der Waals surface area contributed by atoms with Crippen LogP contribution in [0.15, 0.2) is 90.0 Å². The van der Waals surface area contributed by atoms with Gasteiger partial charge in [-0.25, -0.2) is 14.6 Å². The molecule has 0 atom stereocenters. The van der Waals surface area contributed by atoms with E-state index >= 15 is 0 Å². The van der Waals surface area contributed by atoms with Crippen LogP contribution >= 0.6 is 23.4 Å². The first-order valence-corrected chi connectivity index (χ1v) is 12.6. The molecule has 3 aromatic carbocycles. The number of carbonyl (C=O) groups excluding carboxylic acids is 1. The maximum Gasteiger partial charge on any atom is 0.234 e. The first-order chi connectivity index (χ1) is 17.1. The molecule has 6 nitrogen and oxygen atoms in total. The number of halogens is 1. The molecular formula is C27H22ClN5OS. The average Bonchev–Trinajstić information content (AvgIpc) is 3.28. The summed E-state index contributed by atoms with van der Waals surface area (Å²) in [5.74, 6) is 0.667. The fraction of sp³-hybridized carbons (Fsp3) is 0.111. The molecule has 0 aliphatic rings. The second-order valence-corrected chi connectivity index (χ2v) is 9.21. The minimum Gasteiger partial charge on any atom is -0.325 e. The van der Waals surface area contributed by atoms with Gasteiger partial charge in [-0.15, -0.1) is 0 Å². The van der Waals surface area contributed by atoms with Crippen LogP contribution in [-0.4, -0.2) is 31.4 Å². The lowest BCUT2D eigenvalue weighted by molar-refractivity contribution is -0.113. The van der Waals surface area contributed by atoms with Gasteiger partial charge in [-0.3, -0.25) is 4.79 Å². The molecule has 0 radical (unpaired) electrons. The van der Waals surface area contributed by atoms with Crippen LogP contribution in [0.3, 0.4) is 0 Å². The van der Waals surface area contributed by atoms with Gasteiger partial charge in [-0.2, -0.15) is 5.10 Å². The fourth-order valence-corrected chi connectivity index (χ4v) is 4.70. The number of thioether (sulfide) groups is 1. The summed E-state index contributed by atoms with van der Waals surface area (Å²) in [6, 6.07) is 26.8. The summed E-state index contributed by atoms with van der Waals surface area (Å²) in [4.78, 5) is 22.5. The Hall–Kier alpha value is -3.68. The number of amides is 1. The molecule has 2 aromatic heterocycles. The van der Waals surface area contributed by atoms with E-state index in [0.717, 1.165) is 39.4 Å². The van der Waals surface area contributed by atoms with Crippen LogP contribution in [0.2, 0.25) is 5.02 Å². The number of fused-ring (bicyclic) bond motifs is 1. The molecular weight excluding hydrogens is 478 g/mol. The Morgan fingerprint density at radius 1 is 0.943 bits per heavy atom. The molecule has 0 saturated heterocycles. The minimum absolute atomic E-state index is 0.126. The van der Waals surface area contributed by atoms with Crippen LogP contribution in [0.4, 0.5) is 5.69 Å². The molecule has 0 unspecified atom stereocenters. The van der Waals surface area contributed by atoms with Gasteiger partial charge in [0.05, 0.1) is 22.5 Å². The number of hydrogen-bond acceptors (Lipinski definition) is 5. The Balaban J connectivity index is 1.55. The molecule has 1 amide bonds. The average molecular weight is 500 g/mol. The van der Waals surface area contributed by atoms with Crippen molar-refractivity contribution in [3.63, 3.8) is 0 Å². The quantitative estimate of drug-likeness (QED) is 0.206. The first-order valence-electron chi connectivity index (χ1n) is 11.2. The topological polar surface area (TPSA) is 72.7 Å². The predicted molar refractivity (Wildman–Crippen MR) is 142 cm³/mol. The van der Waals surface area contributed by atoms with E-state index < -0.39 is 0 Å². The number of carbonyl (C=O) groups is 1. The molecule has 5 rings (SSSR count). The summed E-state index contributed by atoms with van der Waals surface area (Å²) < 4.78 is 1.86. The van der Waals surface area contributed by atoms with Gasteiger partial charge < -0.3 is 5.32 Å². The van der Waals surface area contributed by atoms with Crippen LogP contribution in [0.5, 0.6) is 0 Å². The van der Waals surface area contributed by atoms with Crippen molar-refractivity contribution in [2.24, 2.45) is 0 Å². The lowest BCUT2D eigenvalue weighted by Crippen LogP contribution is -2.14. The van der Waals surface area contributed by atoms with Gasteiger partial charge in [0, 0.05) is 16.3 Å². The molecule has 0 saturated carbocycles. The number of anilines is 1. The van der Waals surface area contributed by atoms with Gasteiger partial charge in [-0.1, -0.05) is 78.8 Å². The summed E-state index contributed by atoms with van der Waals surface area (Å²) >= 11 is 7.33. The van der Waals surface area contributed by atoms with Crippen molar-refractivity contribution < 1.29 is 4.79 Å². The number of benzene rings is 3. The van der Waals surface area contributed by atoms with Crippen LogP contribution in [0.25, 0.3) is 28.1 Å². The second-order valence-electron chi connectivity index (χ2n) is 7.81. The van der Waals surface area contributed by atoms with E-state index in [2.05, 4.69) is 12.2 Å².